The molecule has 0 fully saturated rings. The molecule has 0 N–H and O–H groups in total. The van der Waals surface area contributed by atoms with Gasteiger partial charge in [-0.15, -0.1) is 6.42 Å². The highest BCUT2D eigenvalue weighted by atomic mass is 32.2. The highest BCUT2D eigenvalue weighted by molar-refractivity contribution is 7.92. The number of amides is 1. The molecule has 3 aromatic rings. The minimum atomic E-state index is -3.54. The van der Waals surface area contributed by atoms with Crippen molar-refractivity contribution in [1.82, 2.24) is 4.57 Å². The molecule has 0 saturated heterocycles. The molecule has 0 saturated carbocycles. The van der Waals surface area contributed by atoms with E-state index in [1.807, 2.05) is 0 Å². The third-order valence-corrected chi connectivity index (χ3v) is 8.86. The van der Waals surface area contributed by atoms with Crippen molar-refractivity contribution in [3.63, 3.8) is 0 Å². The first-order valence-corrected chi connectivity index (χ1v) is 13.4. The van der Waals surface area contributed by atoms with Crippen LogP contribution in [-0.4, -0.2) is 38.8 Å². The predicted octanol–water partition coefficient (Wildman–Crippen LogP) is 2.66. The van der Waals surface area contributed by atoms with Crippen LogP contribution in [0.3, 0.4) is 0 Å². The predicted molar refractivity (Wildman–Crippen MR) is 120 cm³/mol. The van der Waals surface area contributed by atoms with Gasteiger partial charge in [-0.05, 0) is 50.2 Å². The maximum absolute atomic E-state index is 12.8. The van der Waals surface area contributed by atoms with Crippen LogP contribution in [0.2, 0.25) is 0 Å². The van der Waals surface area contributed by atoms with Crippen molar-refractivity contribution in [2.75, 3.05) is 6.26 Å². The van der Waals surface area contributed by atoms with Crippen LogP contribution >= 0.6 is 11.3 Å². The van der Waals surface area contributed by atoms with Crippen LogP contribution in [-0.2, 0) is 26.2 Å². The maximum Gasteiger partial charge on any atom is 0.279 e. The van der Waals surface area contributed by atoms with Gasteiger partial charge in [0.1, 0.15) is 0 Å². The number of terminal acetylenes is 1. The zero-order chi connectivity index (χ0) is 23.0. The van der Waals surface area contributed by atoms with E-state index in [0.29, 0.717) is 15.0 Å². The Bertz CT molecular complexity index is 1500. The summed E-state index contributed by atoms with van der Waals surface area (Å²) in [5, 5.41) is -0.626. The molecule has 162 valence electrons. The molecule has 2 aromatic carbocycles. The molecule has 1 aromatic heterocycles. The second-order valence-corrected chi connectivity index (χ2v) is 12.6. The summed E-state index contributed by atoms with van der Waals surface area (Å²) in [5.74, 6) is 1.88. The van der Waals surface area contributed by atoms with E-state index in [-0.39, 0.29) is 21.9 Å². The molecule has 0 aliphatic carbocycles. The lowest BCUT2D eigenvalue weighted by Gasteiger charge is -2.08. The lowest BCUT2D eigenvalue weighted by atomic mass is 10.2. The molecule has 0 radical (unpaired) electrons. The summed E-state index contributed by atoms with van der Waals surface area (Å²) in [6, 6.07) is 10.4. The summed E-state index contributed by atoms with van der Waals surface area (Å²) in [5.41, 5.74) is 0.779. The highest BCUT2D eigenvalue weighted by Crippen LogP contribution is 2.22. The number of hydrogen-bond acceptors (Lipinski definition) is 6. The van der Waals surface area contributed by atoms with Gasteiger partial charge in [0, 0.05) is 11.8 Å². The lowest BCUT2D eigenvalue weighted by molar-refractivity contribution is 0.0997. The Hall–Kier alpha value is -2.74. The molecular formula is C21H20N2O5S3. The van der Waals surface area contributed by atoms with Crippen LogP contribution < -0.4 is 4.80 Å². The summed E-state index contributed by atoms with van der Waals surface area (Å²) in [7, 11) is -6.94. The Balaban J connectivity index is 2.15. The van der Waals surface area contributed by atoms with Crippen molar-refractivity contribution in [2.45, 2.75) is 35.4 Å². The number of hydrogen-bond donors (Lipinski definition) is 0. The molecule has 3 rings (SSSR count). The number of fused-ring (bicyclic) bond motifs is 1. The van der Waals surface area contributed by atoms with Crippen LogP contribution in [0.4, 0.5) is 0 Å². The van der Waals surface area contributed by atoms with E-state index in [1.165, 1.54) is 36.4 Å². The molecule has 0 spiro atoms. The van der Waals surface area contributed by atoms with E-state index in [2.05, 4.69) is 10.9 Å². The number of aromatic nitrogens is 1. The zero-order valence-corrected chi connectivity index (χ0v) is 19.5. The summed E-state index contributed by atoms with van der Waals surface area (Å²) in [4.78, 5) is 17.4. The number of carbonyl (C=O) groups excluding carboxylic acids is 1. The topological polar surface area (TPSA) is 103 Å². The van der Waals surface area contributed by atoms with Crippen molar-refractivity contribution in [3.05, 3.63) is 52.8 Å². The van der Waals surface area contributed by atoms with Crippen molar-refractivity contribution in [1.29, 1.82) is 0 Å². The Labute approximate surface area is 184 Å². The van der Waals surface area contributed by atoms with Crippen LogP contribution in [0, 0.1) is 12.3 Å². The molecule has 1 heterocycles. The Morgan fingerprint density at radius 2 is 1.84 bits per heavy atom. The molecule has 7 nitrogen and oxygen atoms in total. The molecular weight excluding hydrogens is 456 g/mol. The summed E-state index contributed by atoms with van der Waals surface area (Å²) < 4.78 is 50.8. The van der Waals surface area contributed by atoms with Gasteiger partial charge in [0.25, 0.3) is 5.91 Å². The van der Waals surface area contributed by atoms with E-state index in [4.69, 9.17) is 6.42 Å². The number of thiazole rings is 1. The third kappa shape index (κ3) is 4.63. The first-order chi connectivity index (χ1) is 14.4. The standard InChI is InChI=1S/C21H20N2O5S3/c1-5-11-23-18-10-9-16(30(4,25)26)13-19(18)29-21(23)22-20(24)15-7-6-8-17(12-15)31(27,28)14(2)3/h1,6-10,12-14H,11H2,2-4H3. The average Bonchev–Trinajstić information content (AvgIpc) is 3.04. The Kier molecular flexibility index (Phi) is 6.23. The first-order valence-electron chi connectivity index (χ1n) is 9.15. The quantitative estimate of drug-likeness (QED) is 0.527. The van der Waals surface area contributed by atoms with Gasteiger partial charge in [-0.3, -0.25) is 4.79 Å². The van der Waals surface area contributed by atoms with Gasteiger partial charge >= 0.3 is 0 Å². The molecule has 31 heavy (non-hydrogen) atoms. The van der Waals surface area contributed by atoms with Crippen molar-refractivity contribution >= 4 is 47.1 Å². The first kappa shape index (κ1) is 22.9. The molecule has 0 aliphatic heterocycles. The number of nitrogens with zero attached hydrogens (tertiary/aromatic N) is 2. The van der Waals surface area contributed by atoms with E-state index in [0.717, 1.165) is 17.6 Å². The molecule has 10 heteroatoms. The van der Waals surface area contributed by atoms with Crippen LogP contribution in [0.5, 0.6) is 0 Å². The van der Waals surface area contributed by atoms with Gasteiger partial charge in [-0.1, -0.05) is 23.3 Å². The largest absolute Gasteiger partial charge is 0.305 e. The Morgan fingerprint density at radius 1 is 1.13 bits per heavy atom. The number of benzene rings is 2. The molecule has 0 aliphatic rings. The van der Waals surface area contributed by atoms with Crippen LogP contribution in [0.1, 0.15) is 24.2 Å². The molecule has 0 bridgehead atoms. The third-order valence-electron chi connectivity index (χ3n) is 4.56. The van der Waals surface area contributed by atoms with E-state index >= 15 is 0 Å². The molecule has 0 atom stereocenters. The van der Waals surface area contributed by atoms with Gasteiger partial charge in [0.05, 0.1) is 31.8 Å². The lowest BCUT2D eigenvalue weighted by Crippen LogP contribution is -2.17. The van der Waals surface area contributed by atoms with Gasteiger partial charge in [0.2, 0.25) is 0 Å². The van der Waals surface area contributed by atoms with E-state index < -0.39 is 30.8 Å². The van der Waals surface area contributed by atoms with Gasteiger partial charge in [-0.2, -0.15) is 4.99 Å². The fourth-order valence-electron chi connectivity index (χ4n) is 2.84. The normalized spacial score (nSPS) is 12.9. The van der Waals surface area contributed by atoms with Crippen LogP contribution in [0.25, 0.3) is 10.2 Å². The number of rotatable bonds is 5. The zero-order valence-electron chi connectivity index (χ0n) is 17.1. The minimum Gasteiger partial charge on any atom is -0.305 e. The summed E-state index contributed by atoms with van der Waals surface area (Å²) in [6.07, 6.45) is 6.58. The second kappa shape index (κ2) is 8.42. The summed E-state index contributed by atoms with van der Waals surface area (Å²) in [6.45, 7) is 3.27. The fourth-order valence-corrected chi connectivity index (χ4v) is 5.74. The summed E-state index contributed by atoms with van der Waals surface area (Å²) >= 11 is 1.13. The van der Waals surface area contributed by atoms with Gasteiger partial charge in [-0.25, -0.2) is 16.8 Å². The maximum atomic E-state index is 12.8. The minimum absolute atomic E-state index is 0.0502. The van der Waals surface area contributed by atoms with Crippen LogP contribution in [0.15, 0.2) is 57.2 Å². The smallest absolute Gasteiger partial charge is 0.279 e. The number of sulfone groups is 2. The number of carbonyl (C=O) groups is 1. The molecule has 1 amide bonds. The van der Waals surface area contributed by atoms with Crippen molar-refractivity contribution in [2.24, 2.45) is 4.99 Å². The van der Waals surface area contributed by atoms with Crippen molar-refractivity contribution < 1.29 is 21.6 Å². The van der Waals surface area contributed by atoms with Gasteiger partial charge < -0.3 is 4.57 Å². The highest BCUT2D eigenvalue weighted by Gasteiger charge is 2.20. The van der Waals surface area contributed by atoms with E-state index in [1.54, 1.807) is 24.5 Å². The monoisotopic (exact) mass is 476 g/mol. The fraction of sp³-hybridized carbons (Fsp3) is 0.238. The Morgan fingerprint density at radius 3 is 2.45 bits per heavy atom. The van der Waals surface area contributed by atoms with Crippen molar-refractivity contribution in [3.8, 4) is 12.3 Å². The van der Waals surface area contributed by atoms with Gasteiger partial charge in [0.15, 0.2) is 24.5 Å². The van der Waals surface area contributed by atoms with E-state index in [9.17, 15) is 21.6 Å². The SMILES string of the molecule is C#CCn1c(=NC(=O)c2cccc(S(=O)(=O)C(C)C)c2)sc2cc(S(C)(=O)=O)ccc21. The second-order valence-electron chi connectivity index (χ2n) is 7.12. The average molecular weight is 477 g/mol. The molecule has 0 unspecified atom stereocenters.